The van der Waals surface area contributed by atoms with Crippen LogP contribution in [-0.2, 0) is 15.0 Å². The SMILES string of the molecule is NC1=NS(=O)(=O)Nc2cccc(OCC3CCCN(C(=O)C4CC4)C3)c21. The van der Waals surface area contributed by atoms with Crippen molar-refractivity contribution in [1.29, 1.82) is 0 Å². The third kappa shape index (κ3) is 3.48. The molecular formula is C17H22N4O4S. The highest BCUT2D eigenvalue weighted by Gasteiger charge is 2.35. The number of carbonyl (C=O) groups excluding carboxylic acids is 1. The molecule has 1 unspecified atom stereocenters. The van der Waals surface area contributed by atoms with E-state index in [1.165, 1.54) is 0 Å². The summed E-state index contributed by atoms with van der Waals surface area (Å²) in [7, 11) is -3.80. The van der Waals surface area contributed by atoms with E-state index in [1.807, 2.05) is 4.90 Å². The Balaban J connectivity index is 1.45. The molecule has 2 heterocycles. The lowest BCUT2D eigenvalue weighted by atomic mass is 9.98. The molecule has 2 fully saturated rings. The van der Waals surface area contributed by atoms with E-state index < -0.39 is 10.2 Å². The van der Waals surface area contributed by atoms with Gasteiger partial charge < -0.3 is 15.4 Å². The fraction of sp³-hybridized carbons (Fsp3) is 0.529. The van der Waals surface area contributed by atoms with E-state index in [2.05, 4.69) is 9.12 Å². The summed E-state index contributed by atoms with van der Waals surface area (Å²) in [5.74, 6) is 1.18. The number of nitrogens with two attached hydrogens (primary N) is 1. The summed E-state index contributed by atoms with van der Waals surface area (Å²) < 4.78 is 35.1. The van der Waals surface area contributed by atoms with Gasteiger partial charge in [0.25, 0.3) is 0 Å². The topological polar surface area (TPSA) is 114 Å². The summed E-state index contributed by atoms with van der Waals surface area (Å²) in [4.78, 5) is 14.2. The highest BCUT2D eigenvalue weighted by atomic mass is 32.2. The van der Waals surface area contributed by atoms with Crippen LogP contribution < -0.4 is 15.2 Å². The summed E-state index contributed by atoms with van der Waals surface area (Å²) >= 11 is 0. The third-order valence-electron chi connectivity index (χ3n) is 4.97. The van der Waals surface area contributed by atoms with Crippen LogP contribution in [0, 0.1) is 11.8 Å². The van der Waals surface area contributed by atoms with Gasteiger partial charge >= 0.3 is 10.2 Å². The third-order valence-corrected chi connectivity index (χ3v) is 5.89. The van der Waals surface area contributed by atoms with Gasteiger partial charge in [0.15, 0.2) is 5.84 Å². The standard InChI is InChI=1S/C17H22N4O4S/c18-16-15-13(19-26(23,24)20-16)4-1-5-14(15)25-10-11-3-2-8-21(9-11)17(22)12-6-7-12/h1,4-5,11-12,19H,2-3,6-10H2,(H2,18,20). The molecule has 0 radical (unpaired) electrons. The van der Waals surface area contributed by atoms with E-state index >= 15 is 0 Å². The van der Waals surface area contributed by atoms with Crippen LogP contribution in [0.25, 0.3) is 0 Å². The van der Waals surface area contributed by atoms with Crippen molar-refractivity contribution in [2.45, 2.75) is 25.7 Å². The maximum Gasteiger partial charge on any atom is 0.344 e. The number of carbonyl (C=O) groups is 1. The molecule has 140 valence electrons. The van der Waals surface area contributed by atoms with E-state index in [-0.39, 0.29) is 23.6 Å². The number of hydrogen-bond donors (Lipinski definition) is 2. The fourth-order valence-electron chi connectivity index (χ4n) is 3.53. The summed E-state index contributed by atoms with van der Waals surface area (Å²) in [6, 6.07) is 5.08. The predicted octanol–water partition coefficient (Wildman–Crippen LogP) is 1.09. The van der Waals surface area contributed by atoms with Gasteiger partial charge in [-0.05, 0) is 37.8 Å². The van der Waals surface area contributed by atoms with Crippen molar-refractivity contribution < 1.29 is 17.9 Å². The first-order valence-electron chi connectivity index (χ1n) is 8.86. The molecular weight excluding hydrogens is 356 g/mol. The summed E-state index contributed by atoms with van der Waals surface area (Å²) in [5.41, 5.74) is 6.66. The monoisotopic (exact) mass is 378 g/mol. The lowest BCUT2D eigenvalue weighted by Crippen LogP contribution is -2.42. The number of anilines is 1. The Kier molecular flexibility index (Phi) is 4.26. The van der Waals surface area contributed by atoms with Crippen LogP contribution in [0.3, 0.4) is 0 Å². The minimum Gasteiger partial charge on any atom is -0.492 e. The lowest BCUT2D eigenvalue weighted by Gasteiger charge is -2.33. The number of likely N-dealkylation sites (tertiary alicyclic amines) is 1. The Labute approximate surface area is 152 Å². The van der Waals surface area contributed by atoms with Crippen LogP contribution in [0.15, 0.2) is 22.6 Å². The minimum absolute atomic E-state index is 0.0801. The van der Waals surface area contributed by atoms with Crippen molar-refractivity contribution in [3.05, 3.63) is 23.8 Å². The highest BCUT2D eigenvalue weighted by molar-refractivity contribution is 7.91. The van der Waals surface area contributed by atoms with E-state index in [0.717, 1.165) is 32.2 Å². The molecule has 1 saturated heterocycles. The number of benzene rings is 1. The van der Waals surface area contributed by atoms with Crippen LogP contribution >= 0.6 is 0 Å². The first-order chi connectivity index (χ1) is 12.4. The highest BCUT2D eigenvalue weighted by Crippen LogP contribution is 2.33. The van der Waals surface area contributed by atoms with Gasteiger partial charge in [0.2, 0.25) is 5.91 Å². The Bertz CT molecular complexity index is 864. The molecule has 3 N–H and O–H groups in total. The molecule has 1 aromatic rings. The van der Waals surface area contributed by atoms with E-state index in [9.17, 15) is 13.2 Å². The second-order valence-electron chi connectivity index (χ2n) is 7.11. The second-order valence-corrected chi connectivity index (χ2v) is 8.45. The van der Waals surface area contributed by atoms with E-state index in [1.54, 1.807) is 18.2 Å². The van der Waals surface area contributed by atoms with Crippen LogP contribution in [0.1, 0.15) is 31.2 Å². The number of nitrogens with zero attached hydrogens (tertiary/aromatic N) is 2. The number of ether oxygens (including phenoxy) is 1. The zero-order valence-electron chi connectivity index (χ0n) is 14.3. The molecule has 26 heavy (non-hydrogen) atoms. The van der Waals surface area contributed by atoms with Gasteiger partial charge in [-0.2, -0.15) is 8.42 Å². The quantitative estimate of drug-likeness (QED) is 0.814. The Morgan fingerprint density at radius 3 is 2.92 bits per heavy atom. The first-order valence-corrected chi connectivity index (χ1v) is 10.3. The Morgan fingerprint density at radius 1 is 1.35 bits per heavy atom. The van der Waals surface area contributed by atoms with Gasteiger partial charge in [-0.1, -0.05) is 6.07 Å². The molecule has 1 saturated carbocycles. The molecule has 0 aromatic heterocycles. The summed E-state index contributed by atoms with van der Waals surface area (Å²) in [6.45, 7) is 1.99. The van der Waals surface area contributed by atoms with E-state index in [0.29, 0.717) is 30.2 Å². The van der Waals surface area contributed by atoms with Crippen LogP contribution in [0.4, 0.5) is 5.69 Å². The molecule has 0 spiro atoms. The van der Waals surface area contributed by atoms with Gasteiger partial charge in [0.05, 0.1) is 17.9 Å². The molecule has 8 nitrogen and oxygen atoms in total. The largest absolute Gasteiger partial charge is 0.492 e. The summed E-state index contributed by atoms with van der Waals surface area (Å²) in [5, 5.41) is 0. The van der Waals surface area contributed by atoms with Gasteiger partial charge in [-0.25, -0.2) is 0 Å². The molecule has 1 atom stereocenters. The zero-order chi connectivity index (χ0) is 18.3. The fourth-order valence-corrected chi connectivity index (χ4v) is 4.38. The zero-order valence-corrected chi connectivity index (χ0v) is 15.2. The van der Waals surface area contributed by atoms with Crippen molar-refractivity contribution in [3.63, 3.8) is 0 Å². The lowest BCUT2D eigenvalue weighted by molar-refractivity contribution is -0.134. The van der Waals surface area contributed by atoms with E-state index in [4.69, 9.17) is 10.5 Å². The smallest absolute Gasteiger partial charge is 0.344 e. The molecule has 9 heteroatoms. The molecule has 1 aromatic carbocycles. The second kappa shape index (κ2) is 6.46. The number of nitrogens with one attached hydrogen (secondary N) is 1. The maximum absolute atomic E-state index is 12.3. The molecule has 1 aliphatic carbocycles. The van der Waals surface area contributed by atoms with Crippen molar-refractivity contribution in [1.82, 2.24) is 4.90 Å². The molecule has 1 amide bonds. The number of rotatable bonds is 4. The molecule has 4 rings (SSSR count). The number of piperidine rings is 1. The van der Waals surface area contributed by atoms with Gasteiger partial charge in [-0.3, -0.25) is 9.52 Å². The average molecular weight is 378 g/mol. The van der Waals surface area contributed by atoms with Crippen LogP contribution in [-0.4, -0.2) is 44.8 Å². The molecule has 3 aliphatic rings. The number of amides is 1. The number of hydrogen-bond acceptors (Lipinski definition) is 5. The van der Waals surface area contributed by atoms with Gasteiger partial charge in [-0.15, -0.1) is 4.40 Å². The molecule has 0 bridgehead atoms. The average Bonchev–Trinajstić information content (AvgIpc) is 3.43. The first kappa shape index (κ1) is 17.1. The number of fused-ring (bicyclic) bond motifs is 1. The summed E-state index contributed by atoms with van der Waals surface area (Å²) in [6.07, 6.45) is 4.00. The predicted molar refractivity (Wildman–Crippen MR) is 97.2 cm³/mol. The number of amidine groups is 1. The Hall–Kier alpha value is -2.29. The molecule has 2 aliphatic heterocycles. The van der Waals surface area contributed by atoms with Crippen molar-refractivity contribution in [2.75, 3.05) is 24.4 Å². The normalized spacial score (nSPS) is 24.2. The van der Waals surface area contributed by atoms with Crippen LogP contribution in [0.2, 0.25) is 0 Å². The van der Waals surface area contributed by atoms with Gasteiger partial charge in [0, 0.05) is 24.9 Å². The van der Waals surface area contributed by atoms with Crippen molar-refractivity contribution in [3.8, 4) is 5.75 Å². The minimum atomic E-state index is -3.80. The van der Waals surface area contributed by atoms with Crippen molar-refractivity contribution in [2.24, 2.45) is 22.0 Å². The van der Waals surface area contributed by atoms with Crippen molar-refractivity contribution >= 4 is 27.6 Å². The van der Waals surface area contributed by atoms with Gasteiger partial charge in [0.1, 0.15) is 5.75 Å². The Morgan fingerprint density at radius 2 is 2.15 bits per heavy atom. The maximum atomic E-state index is 12.3. The van der Waals surface area contributed by atoms with Crippen LogP contribution in [0.5, 0.6) is 5.75 Å².